The predicted molar refractivity (Wildman–Crippen MR) is 123 cm³/mol. The second-order valence-electron chi connectivity index (χ2n) is 8.90. The molecule has 4 aromatic rings. The molecule has 144 valence electrons. The van der Waals surface area contributed by atoms with Gasteiger partial charge in [-0.2, -0.15) is 0 Å². The third-order valence-corrected chi connectivity index (χ3v) is 6.49. The van der Waals surface area contributed by atoms with Gasteiger partial charge in [0, 0.05) is 0 Å². The summed E-state index contributed by atoms with van der Waals surface area (Å²) in [5, 5.41) is 4.94. The van der Waals surface area contributed by atoms with Crippen LogP contribution in [0.3, 0.4) is 0 Å². The Morgan fingerprint density at radius 1 is 0.586 bits per heavy atom. The Labute approximate surface area is 172 Å². The number of benzene rings is 4. The topological polar surface area (TPSA) is 18.5 Å². The number of hydrogen-bond acceptors (Lipinski definition) is 2. The van der Waals surface area contributed by atoms with Gasteiger partial charge in [-0.25, -0.2) is 0 Å². The number of rotatable bonds is 2. The van der Waals surface area contributed by atoms with Crippen LogP contribution in [-0.2, 0) is 9.31 Å². The van der Waals surface area contributed by atoms with E-state index in [0.29, 0.717) is 0 Å². The standard InChI is InChI=1S/C26H25BO2/c1-25(2)26(3,4)29-27(28-25)20-16-19-11-6-8-14-22(19)24(17-20)23-15-9-12-18-10-5-7-13-21(18)23/h5-17H,1-4H3. The van der Waals surface area contributed by atoms with Crippen molar-refractivity contribution in [2.45, 2.75) is 38.9 Å². The van der Waals surface area contributed by atoms with Crippen LogP contribution in [0.2, 0.25) is 0 Å². The molecule has 0 bridgehead atoms. The molecular weight excluding hydrogens is 355 g/mol. The van der Waals surface area contributed by atoms with Gasteiger partial charge in [-0.3, -0.25) is 0 Å². The van der Waals surface area contributed by atoms with Gasteiger partial charge in [0.2, 0.25) is 0 Å². The maximum atomic E-state index is 6.36. The summed E-state index contributed by atoms with van der Waals surface area (Å²) in [4.78, 5) is 0. The first-order chi connectivity index (χ1) is 13.9. The summed E-state index contributed by atoms with van der Waals surface area (Å²) in [6.45, 7) is 8.39. The first kappa shape index (κ1) is 18.4. The lowest BCUT2D eigenvalue weighted by Crippen LogP contribution is -2.41. The van der Waals surface area contributed by atoms with Gasteiger partial charge >= 0.3 is 7.12 Å². The molecule has 5 rings (SSSR count). The Morgan fingerprint density at radius 3 is 1.83 bits per heavy atom. The van der Waals surface area contributed by atoms with E-state index in [1.54, 1.807) is 0 Å². The second-order valence-corrected chi connectivity index (χ2v) is 8.90. The molecule has 1 heterocycles. The zero-order valence-corrected chi connectivity index (χ0v) is 17.4. The fourth-order valence-electron chi connectivity index (χ4n) is 4.13. The summed E-state index contributed by atoms with van der Waals surface area (Å²) in [6, 6.07) is 28.1. The molecule has 0 radical (unpaired) electrons. The van der Waals surface area contributed by atoms with Gasteiger partial charge in [-0.15, -0.1) is 0 Å². The van der Waals surface area contributed by atoms with E-state index in [1.807, 2.05) is 0 Å². The minimum Gasteiger partial charge on any atom is -0.399 e. The molecule has 1 saturated heterocycles. The molecule has 3 heteroatoms. The van der Waals surface area contributed by atoms with Gasteiger partial charge in [0.1, 0.15) is 0 Å². The lowest BCUT2D eigenvalue weighted by atomic mass is 9.76. The van der Waals surface area contributed by atoms with Crippen LogP contribution in [0.1, 0.15) is 27.7 Å². The summed E-state index contributed by atoms with van der Waals surface area (Å²) in [6.07, 6.45) is 0. The van der Waals surface area contributed by atoms with E-state index in [9.17, 15) is 0 Å². The number of hydrogen-bond donors (Lipinski definition) is 0. The molecule has 1 fully saturated rings. The molecule has 0 aromatic heterocycles. The largest absolute Gasteiger partial charge is 0.494 e. The van der Waals surface area contributed by atoms with Gasteiger partial charge in [0.05, 0.1) is 11.2 Å². The summed E-state index contributed by atoms with van der Waals surface area (Å²) >= 11 is 0. The van der Waals surface area contributed by atoms with E-state index in [1.165, 1.54) is 32.7 Å². The maximum absolute atomic E-state index is 6.36. The third-order valence-electron chi connectivity index (χ3n) is 6.49. The fourth-order valence-corrected chi connectivity index (χ4v) is 4.13. The Bertz CT molecular complexity index is 1200. The predicted octanol–water partition coefficient (Wildman–Crippen LogP) is 5.96. The van der Waals surface area contributed by atoms with Crippen LogP contribution in [-0.4, -0.2) is 18.3 Å². The van der Waals surface area contributed by atoms with Crippen molar-refractivity contribution in [3.63, 3.8) is 0 Å². The van der Waals surface area contributed by atoms with Gasteiger partial charge in [0.25, 0.3) is 0 Å². The molecule has 2 nitrogen and oxygen atoms in total. The Balaban J connectivity index is 1.74. The fraction of sp³-hybridized carbons (Fsp3) is 0.231. The highest BCUT2D eigenvalue weighted by molar-refractivity contribution is 6.62. The second kappa shape index (κ2) is 6.45. The minimum absolute atomic E-state index is 0.358. The quantitative estimate of drug-likeness (QED) is 0.400. The Kier molecular flexibility index (Phi) is 4.09. The van der Waals surface area contributed by atoms with Crippen LogP contribution in [0.15, 0.2) is 78.9 Å². The van der Waals surface area contributed by atoms with Crippen molar-refractivity contribution in [1.82, 2.24) is 0 Å². The van der Waals surface area contributed by atoms with Crippen molar-refractivity contribution >= 4 is 34.1 Å². The van der Waals surface area contributed by atoms with Crippen molar-refractivity contribution in [3.05, 3.63) is 78.9 Å². The van der Waals surface area contributed by atoms with Crippen molar-refractivity contribution in [1.29, 1.82) is 0 Å². The van der Waals surface area contributed by atoms with E-state index in [-0.39, 0.29) is 18.3 Å². The van der Waals surface area contributed by atoms with Crippen LogP contribution < -0.4 is 5.46 Å². The molecule has 1 aliphatic rings. The summed E-state index contributed by atoms with van der Waals surface area (Å²) in [5.74, 6) is 0. The average molecular weight is 380 g/mol. The molecule has 0 atom stereocenters. The smallest absolute Gasteiger partial charge is 0.399 e. The van der Waals surface area contributed by atoms with Crippen LogP contribution in [0.4, 0.5) is 0 Å². The van der Waals surface area contributed by atoms with Crippen LogP contribution in [0, 0.1) is 0 Å². The first-order valence-corrected chi connectivity index (χ1v) is 10.2. The highest BCUT2D eigenvalue weighted by Gasteiger charge is 2.51. The van der Waals surface area contributed by atoms with E-state index in [0.717, 1.165) is 5.46 Å². The summed E-state index contributed by atoms with van der Waals surface area (Å²) in [7, 11) is -0.377. The first-order valence-electron chi connectivity index (χ1n) is 10.2. The highest BCUT2D eigenvalue weighted by Crippen LogP contribution is 2.38. The molecule has 0 N–H and O–H groups in total. The Hall–Kier alpha value is -2.62. The molecule has 1 aliphatic heterocycles. The zero-order chi connectivity index (χ0) is 20.2. The molecule has 0 saturated carbocycles. The van der Waals surface area contributed by atoms with Crippen molar-refractivity contribution in [2.24, 2.45) is 0 Å². The normalized spacial score (nSPS) is 17.9. The molecule has 29 heavy (non-hydrogen) atoms. The van der Waals surface area contributed by atoms with Gasteiger partial charge in [-0.1, -0.05) is 78.9 Å². The van der Waals surface area contributed by atoms with Crippen molar-refractivity contribution < 1.29 is 9.31 Å². The van der Waals surface area contributed by atoms with Crippen molar-refractivity contribution in [3.8, 4) is 11.1 Å². The van der Waals surface area contributed by atoms with Crippen LogP contribution in [0.5, 0.6) is 0 Å². The highest BCUT2D eigenvalue weighted by atomic mass is 16.7. The van der Waals surface area contributed by atoms with E-state index < -0.39 is 0 Å². The van der Waals surface area contributed by atoms with E-state index >= 15 is 0 Å². The lowest BCUT2D eigenvalue weighted by molar-refractivity contribution is 0.00578. The maximum Gasteiger partial charge on any atom is 0.494 e. The van der Waals surface area contributed by atoms with Crippen LogP contribution >= 0.6 is 0 Å². The van der Waals surface area contributed by atoms with Gasteiger partial charge in [0.15, 0.2) is 0 Å². The summed E-state index contributed by atoms with van der Waals surface area (Å²) in [5.41, 5.74) is 2.79. The lowest BCUT2D eigenvalue weighted by Gasteiger charge is -2.32. The molecular formula is C26H25BO2. The third kappa shape index (κ3) is 2.97. The average Bonchev–Trinajstić information content (AvgIpc) is 2.94. The molecule has 4 aromatic carbocycles. The zero-order valence-electron chi connectivity index (χ0n) is 17.4. The monoisotopic (exact) mass is 380 g/mol. The molecule has 0 unspecified atom stereocenters. The molecule has 0 aliphatic carbocycles. The minimum atomic E-state index is -0.377. The van der Waals surface area contributed by atoms with E-state index in [4.69, 9.17) is 9.31 Å². The van der Waals surface area contributed by atoms with E-state index in [2.05, 4.69) is 107 Å². The SMILES string of the molecule is CC1(C)OB(c2cc(-c3cccc4ccccc34)c3ccccc3c2)OC1(C)C. The Morgan fingerprint density at radius 2 is 1.14 bits per heavy atom. The van der Waals surface area contributed by atoms with Gasteiger partial charge in [-0.05, 0) is 65.8 Å². The number of fused-ring (bicyclic) bond motifs is 2. The van der Waals surface area contributed by atoms with Crippen molar-refractivity contribution in [2.75, 3.05) is 0 Å². The summed E-state index contributed by atoms with van der Waals surface area (Å²) < 4.78 is 12.7. The van der Waals surface area contributed by atoms with Crippen LogP contribution in [0.25, 0.3) is 32.7 Å². The molecule has 0 amide bonds. The van der Waals surface area contributed by atoms with Gasteiger partial charge < -0.3 is 9.31 Å². The molecule has 0 spiro atoms.